The normalized spacial score (nSPS) is 11.9. The number of hydrogen-bond donors (Lipinski definition) is 0. The van der Waals surface area contributed by atoms with Crippen molar-refractivity contribution in [2.45, 2.75) is 33.9 Å². The lowest BCUT2D eigenvalue weighted by Gasteiger charge is -2.07. The molecule has 0 aliphatic heterocycles. The lowest BCUT2D eigenvalue weighted by atomic mass is 10.0. The van der Waals surface area contributed by atoms with E-state index in [2.05, 4.69) is 11.6 Å². The molecule has 31 heavy (non-hydrogen) atoms. The van der Waals surface area contributed by atoms with Gasteiger partial charge in [-0.05, 0) is 75.2 Å². The van der Waals surface area contributed by atoms with Gasteiger partial charge in [0.15, 0.2) is 0 Å². The smallest absolute Gasteiger partial charge is 0.416 e. The molecule has 0 unspecified atom stereocenters. The van der Waals surface area contributed by atoms with Crippen molar-refractivity contribution in [1.29, 1.82) is 0 Å². The van der Waals surface area contributed by atoms with Gasteiger partial charge in [0, 0.05) is 5.71 Å². The standard InChI is InChI=1S/C13H16FNO.C12H11F3/c1-4-12(15-10(2)3)9-16-13-7-5-11(14)6-8-13;1-3-9(4-2)10-5-7-11(8-6-10)12(13,14)15/h4-8H,9H2,1-3H3;3-8H,1H2,2H3/b12-4-;9-4+. The summed E-state index contributed by atoms with van der Waals surface area (Å²) in [5.41, 5.74) is 2.77. The highest BCUT2D eigenvalue weighted by Crippen LogP contribution is 2.30. The average molecular weight is 433 g/mol. The number of nitrogens with zero attached hydrogens (tertiary/aromatic N) is 1. The maximum atomic E-state index is 12.6. The van der Waals surface area contributed by atoms with E-state index >= 15 is 0 Å². The molecule has 0 aromatic heterocycles. The van der Waals surface area contributed by atoms with Gasteiger partial charge in [-0.1, -0.05) is 36.9 Å². The van der Waals surface area contributed by atoms with Crippen molar-refractivity contribution in [2.75, 3.05) is 6.61 Å². The third kappa shape index (κ3) is 9.47. The minimum Gasteiger partial charge on any atom is -0.487 e. The van der Waals surface area contributed by atoms with Crippen LogP contribution in [0.25, 0.3) is 5.57 Å². The minimum atomic E-state index is -4.27. The average Bonchev–Trinajstić information content (AvgIpc) is 2.73. The third-order valence-electron chi connectivity index (χ3n) is 3.98. The number of hydrogen-bond acceptors (Lipinski definition) is 2. The van der Waals surface area contributed by atoms with Crippen molar-refractivity contribution >= 4 is 11.3 Å². The largest absolute Gasteiger partial charge is 0.487 e. The van der Waals surface area contributed by atoms with E-state index in [0.717, 1.165) is 34.7 Å². The topological polar surface area (TPSA) is 21.6 Å². The number of allylic oxidation sites excluding steroid dienone is 4. The number of alkyl halides is 3. The zero-order valence-corrected chi connectivity index (χ0v) is 18.1. The van der Waals surface area contributed by atoms with E-state index in [-0.39, 0.29) is 5.82 Å². The fourth-order valence-corrected chi connectivity index (χ4v) is 2.41. The van der Waals surface area contributed by atoms with Gasteiger partial charge in [-0.15, -0.1) is 0 Å². The zero-order chi connectivity index (χ0) is 23.4. The Bertz CT molecular complexity index is 917. The molecular weight excluding hydrogens is 406 g/mol. The summed E-state index contributed by atoms with van der Waals surface area (Å²) in [6.07, 6.45) is 1.04. The molecule has 0 saturated heterocycles. The first-order valence-electron chi connectivity index (χ1n) is 9.62. The zero-order valence-electron chi connectivity index (χ0n) is 18.1. The van der Waals surface area contributed by atoms with Gasteiger partial charge < -0.3 is 4.74 Å². The quantitative estimate of drug-likeness (QED) is 0.258. The Morgan fingerprint density at radius 2 is 1.55 bits per heavy atom. The summed E-state index contributed by atoms with van der Waals surface area (Å²) in [7, 11) is 0. The van der Waals surface area contributed by atoms with E-state index in [4.69, 9.17) is 4.74 Å². The first-order chi connectivity index (χ1) is 14.6. The molecule has 2 rings (SSSR count). The Kier molecular flexibility index (Phi) is 10.5. The number of benzene rings is 2. The Balaban J connectivity index is 0.000000311. The fraction of sp³-hybridized carbons (Fsp3) is 0.240. The monoisotopic (exact) mass is 433 g/mol. The highest BCUT2D eigenvalue weighted by Gasteiger charge is 2.29. The molecule has 0 amide bonds. The summed E-state index contributed by atoms with van der Waals surface area (Å²) >= 11 is 0. The minimum absolute atomic E-state index is 0.263. The van der Waals surface area contributed by atoms with Crippen LogP contribution in [0.15, 0.2) is 84.0 Å². The molecule has 2 nitrogen and oxygen atoms in total. The third-order valence-corrected chi connectivity index (χ3v) is 3.98. The van der Waals surface area contributed by atoms with Crippen LogP contribution in [0.3, 0.4) is 0 Å². The number of rotatable bonds is 6. The molecule has 0 spiro atoms. The Hall–Kier alpha value is -3.15. The Labute approximate surface area is 181 Å². The van der Waals surface area contributed by atoms with E-state index in [1.807, 2.05) is 33.8 Å². The molecule has 166 valence electrons. The summed E-state index contributed by atoms with van der Waals surface area (Å²) in [5.74, 6) is 0.380. The van der Waals surface area contributed by atoms with Gasteiger partial charge in [0.2, 0.25) is 0 Å². The predicted octanol–water partition coefficient (Wildman–Crippen LogP) is 7.88. The van der Waals surface area contributed by atoms with E-state index < -0.39 is 11.7 Å². The number of aliphatic imine (C=N–C) groups is 1. The summed E-state index contributed by atoms with van der Waals surface area (Å²) in [6, 6.07) is 11.0. The van der Waals surface area contributed by atoms with Crippen molar-refractivity contribution in [3.63, 3.8) is 0 Å². The predicted molar refractivity (Wildman–Crippen MR) is 120 cm³/mol. The number of ether oxygens (including phenoxy) is 1. The van der Waals surface area contributed by atoms with Crippen LogP contribution in [0.1, 0.15) is 38.8 Å². The van der Waals surface area contributed by atoms with Crippen LogP contribution in [-0.2, 0) is 6.18 Å². The maximum absolute atomic E-state index is 12.6. The summed E-state index contributed by atoms with van der Waals surface area (Å²) < 4.78 is 54.9. The van der Waals surface area contributed by atoms with Crippen LogP contribution in [0.2, 0.25) is 0 Å². The molecule has 0 radical (unpaired) electrons. The molecule has 2 aromatic rings. The lowest BCUT2D eigenvalue weighted by molar-refractivity contribution is -0.137. The van der Waals surface area contributed by atoms with Crippen LogP contribution < -0.4 is 4.74 Å². The van der Waals surface area contributed by atoms with Gasteiger partial charge in [-0.25, -0.2) is 4.39 Å². The van der Waals surface area contributed by atoms with Crippen molar-refractivity contribution in [1.82, 2.24) is 0 Å². The van der Waals surface area contributed by atoms with E-state index in [1.54, 1.807) is 24.3 Å². The molecule has 0 aliphatic carbocycles. The molecule has 0 saturated carbocycles. The van der Waals surface area contributed by atoms with Crippen LogP contribution in [0, 0.1) is 5.82 Å². The highest BCUT2D eigenvalue weighted by molar-refractivity contribution is 5.80. The van der Waals surface area contributed by atoms with Gasteiger partial charge in [0.25, 0.3) is 0 Å². The summed E-state index contributed by atoms with van der Waals surface area (Å²) in [6.45, 7) is 11.6. The van der Waals surface area contributed by atoms with E-state index in [0.29, 0.717) is 12.4 Å². The summed E-state index contributed by atoms with van der Waals surface area (Å²) in [5, 5.41) is 0. The molecule has 0 aliphatic rings. The van der Waals surface area contributed by atoms with E-state index in [9.17, 15) is 17.6 Å². The summed E-state index contributed by atoms with van der Waals surface area (Å²) in [4.78, 5) is 4.31. The molecule has 0 N–H and O–H groups in total. The van der Waals surface area contributed by atoms with Crippen LogP contribution >= 0.6 is 0 Å². The molecule has 0 bridgehead atoms. The Morgan fingerprint density at radius 3 is 1.97 bits per heavy atom. The SMILES string of the molecule is C/C=C(/COc1ccc(F)cc1)N=C(C)C.C=C/C(=C\C)c1ccc(C(F)(F)F)cc1. The van der Waals surface area contributed by atoms with Crippen molar-refractivity contribution in [3.05, 3.63) is 96.0 Å². The molecule has 0 atom stereocenters. The van der Waals surface area contributed by atoms with Crippen LogP contribution in [0.4, 0.5) is 17.6 Å². The van der Waals surface area contributed by atoms with Crippen LogP contribution in [0.5, 0.6) is 5.75 Å². The van der Waals surface area contributed by atoms with Crippen molar-refractivity contribution in [2.24, 2.45) is 4.99 Å². The van der Waals surface area contributed by atoms with Gasteiger partial charge >= 0.3 is 6.18 Å². The first-order valence-corrected chi connectivity index (χ1v) is 9.62. The van der Waals surface area contributed by atoms with Crippen molar-refractivity contribution < 1.29 is 22.3 Å². The van der Waals surface area contributed by atoms with Gasteiger partial charge in [-0.2, -0.15) is 13.2 Å². The molecule has 6 heteroatoms. The highest BCUT2D eigenvalue weighted by atomic mass is 19.4. The fourth-order valence-electron chi connectivity index (χ4n) is 2.41. The lowest BCUT2D eigenvalue weighted by Crippen LogP contribution is -2.04. The second-order valence-electron chi connectivity index (χ2n) is 6.60. The maximum Gasteiger partial charge on any atom is 0.416 e. The van der Waals surface area contributed by atoms with Crippen molar-refractivity contribution in [3.8, 4) is 5.75 Å². The molecule has 0 fully saturated rings. The second kappa shape index (κ2) is 12.5. The number of halogens is 4. The molecule has 0 heterocycles. The Morgan fingerprint density at radius 1 is 0.968 bits per heavy atom. The molecule has 2 aromatic carbocycles. The van der Waals surface area contributed by atoms with Gasteiger partial charge in [0.1, 0.15) is 18.2 Å². The van der Waals surface area contributed by atoms with Gasteiger partial charge in [-0.3, -0.25) is 4.99 Å². The second-order valence-corrected chi connectivity index (χ2v) is 6.60. The first kappa shape index (κ1) is 25.9. The van der Waals surface area contributed by atoms with E-state index in [1.165, 1.54) is 24.3 Å². The van der Waals surface area contributed by atoms with Crippen LogP contribution in [-0.4, -0.2) is 12.3 Å². The molecular formula is C25H27F4NO. The van der Waals surface area contributed by atoms with Gasteiger partial charge in [0.05, 0.1) is 11.3 Å².